The van der Waals surface area contributed by atoms with E-state index in [0.29, 0.717) is 11.5 Å². The molecule has 2 rings (SSSR count). The maximum atomic E-state index is 8.88. The molecule has 0 N–H and O–H groups in total. The Morgan fingerprint density at radius 2 is 2.00 bits per heavy atom. The zero-order valence-corrected chi connectivity index (χ0v) is 13.7. The molecule has 3 heteroatoms. The van der Waals surface area contributed by atoms with Crippen molar-refractivity contribution in [1.29, 1.82) is 5.26 Å². The van der Waals surface area contributed by atoms with E-state index >= 15 is 0 Å². The van der Waals surface area contributed by atoms with Gasteiger partial charge in [0.25, 0.3) is 0 Å². The lowest BCUT2D eigenvalue weighted by Crippen LogP contribution is -2.21. The van der Waals surface area contributed by atoms with Gasteiger partial charge in [-0.3, -0.25) is 0 Å². The molecule has 0 aliphatic carbocycles. The van der Waals surface area contributed by atoms with E-state index in [4.69, 9.17) is 10.00 Å². The van der Waals surface area contributed by atoms with Gasteiger partial charge in [0.05, 0.1) is 18.2 Å². The van der Waals surface area contributed by atoms with Gasteiger partial charge in [-0.05, 0) is 50.5 Å². The highest BCUT2D eigenvalue weighted by molar-refractivity contribution is 5.64. The van der Waals surface area contributed by atoms with Gasteiger partial charge in [0.1, 0.15) is 0 Å². The van der Waals surface area contributed by atoms with Gasteiger partial charge in [0, 0.05) is 31.5 Å². The number of hydrogen-bond donors (Lipinski definition) is 0. The van der Waals surface area contributed by atoms with Crippen molar-refractivity contribution in [2.24, 2.45) is 5.92 Å². The molecule has 0 saturated carbocycles. The molecule has 22 heavy (non-hydrogen) atoms. The molecule has 1 atom stereocenters. The Hall–Kier alpha value is -2.05. The Labute approximate surface area is 133 Å². The van der Waals surface area contributed by atoms with E-state index in [0.717, 1.165) is 31.7 Å². The first-order valence-corrected chi connectivity index (χ1v) is 7.76. The van der Waals surface area contributed by atoms with Crippen LogP contribution in [0, 0.1) is 17.2 Å². The van der Waals surface area contributed by atoms with Crippen molar-refractivity contribution in [3.63, 3.8) is 0 Å². The van der Waals surface area contributed by atoms with E-state index in [1.54, 1.807) is 0 Å². The lowest BCUT2D eigenvalue weighted by molar-refractivity contribution is 0.181. The molecular weight excluding hydrogens is 272 g/mol. The van der Waals surface area contributed by atoms with Crippen LogP contribution in [0.4, 0.5) is 0 Å². The minimum absolute atomic E-state index is 0.598. The normalized spacial score (nSPS) is 17.9. The monoisotopic (exact) mass is 296 g/mol. The van der Waals surface area contributed by atoms with Gasteiger partial charge in [-0.25, -0.2) is 0 Å². The van der Waals surface area contributed by atoms with Crippen molar-refractivity contribution >= 4 is 5.57 Å². The zero-order valence-electron chi connectivity index (χ0n) is 13.7. The predicted molar refractivity (Wildman–Crippen MR) is 89.9 cm³/mol. The van der Waals surface area contributed by atoms with Crippen LogP contribution in [0.2, 0.25) is 0 Å². The molecule has 1 fully saturated rings. The van der Waals surface area contributed by atoms with Crippen LogP contribution in [0.5, 0.6) is 0 Å². The Bertz CT molecular complexity index is 583. The van der Waals surface area contributed by atoms with Crippen molar-refractivity contribution in [2.45, 2.75) is 27.2 Å². The Morgan fingerprint density at radius 1 is 1.27 bits per heavy atom. The number of benzene rings is 1. The summed E-state index contributed by atoms with van der Waals surface area (Å²) in [6, 6.07) is 9.89. The van der Waals surface area contributed by atoms with Gasteiger partial charge in [-0.2, -0.15) is 5.26 Å². The van der Waals surface area contributed by atoms with Gasteiger partial charge >= 0.3 is 0 Å². The number of hydrogen-bond acceptors (Lipinski definition) is 3. The first-order chi connectivity index (χ1) is 10.6. The molecule has 1 aromatic rings. The summed E-state index contributed by atoms with van der Waals surface area (Å²) in [5.41, 5.74) is 4.32. The summed E-state index contributed by atoms with van der Waals surface area (Å²) in [4.78, 5) is 2.27. The summed E-state index contributed by atoms with van der Waals surface area (Å²) in [6.45, 7) is 9.06. The molecule has 0 spiro atoms. The van der Waals surface area contributed by atoms with Crippen LogP contribution in [-0.4, -0.2) is 24.7 Å². The third-order valence-corrected chi connectivity index (χ3v) is 3.75. The highest BCUT2D eigenvalue weighted by Crippen LogP contribution is 2.19. The number of nitriles is 1. The van der Waals surface area contributed by atoms with Crippen molar-refractivity contribution in [3.8, 4) is 6.07 Å². The first kappa shape index (κ1) is 16.3. The lowest BCUT2D eigenvalue weighted by atomic mass is 10.1. The largest absolute Gasteiger partial charge is 0.381 e. The third kappa shape index (κ3) is 4.75. The number of nitrogens with zero attached hydrogens (tertiary/aromatic N) is 2. The standard InChI is InChI=1S/C19H24N2O/c1-15(2)11-21(13-18-8-9-22-14-18)12-16(3)19-6-4-17(10-20)5-7-19/h4-7,11-12,18H,8-9,13-14H2,1-3H3/b16-12+. The maximum absolute atomic E-state index is 8.88. The van der Waals surface area contributed by atoms with Crippen molar-refractivity contribution < 1.29 is 4.74 Å². The fourth-order valence-corrected chi connectivity index (χ4v) is 2.63. The quantitative estimate of drug-likeness (QED) is 0.817. The summed E-state index contributed by atoms with van der Waals surface area (Å²) < 4.78 is 5.48. The van der Waals surface area contributed by atoms with E-state index in [9.17, 15) is 0 Å². The highest BCUT2D eigenvalue weighted by atomic mass is 16.5. The number of allylic oxidation sites excluding steroid dienone is 2. The van der Waals surface area contributed by atoms with Crippen LogP contribution < -0.4 is 0 Å². The molecule has 1 aliphatic rings. The second kappa shape index (κ2) is 7.82. The van der Waals surface area contributed by atoms with E-state index < -0.39 is 0 Å². The van der Waals surface area contributed by atoms with E-state index in [2.05, 4.69) is 44.1 Å². The Morgan fingerprint density at radius 3 is 2.55 bits per heavy atom. The molecule has 1 heterocycles. The van der Waals surface area contributed by atoms with Crippen LogP contribution in [0.1, 0.15) is 38.3 Å². The Kier molecular flexibility index (Phi) is 5.80. The van der Waals surface area contributed by atoms with Crippen LogP contribution in [-0.2, 0) is 4.74 Å². The van der Waals surface area contributed by atoms with Crippen LogP contribution in [0.25, 0.3) is 5.57 Å². The van der Waals surface area contributed by atoms with Crippen LogP contribution in [0.15, 0.2) is 42.2 Å². The molecule has 1 aliphatic heterocycles. The topological polar surface area (TPSA) is 36.3 Å². The maximum Gasteiger partial charge on any atom is 0.0991 e. The highest BCUT2D eigenvalue weighted by Gasteiger charge is 2.17. The van der Waals surface area contributed by atoms with Crippen LogP contribution >= 0.6 is 0 Å². The van der Waals surface area contributed by atoms with Crippen molar-refractivity contribution in [2.75, 3.05) is 19.8 Å². The molecule has 0 aromatic heterocycles. The van der Waals surface area contributed by atoms with Gasteiger partial charge in [0.2, 0.25) is 0 Å². The van der Waals surface area contributed by atoms with Gasteiger partial charge in [-0.15, -0.1) is 0 Å². The predicted octanol–water partition coefficient (Wildman–Crippen LogP) is 4.18. The summed E-state index contributed by atoms with van der Waals surface area (Å²) in [7, 11) is 0. The number of rotatable bonds is 5. The minimum atomic E-state index is 0.598. The summed E-state index contributed by atoms with van der Waals surface area (Å²) in [6.07, 6.45) is 5.51. The molecule has 0 amide bonds. The fourth-order valence-electron chi connectivity index (χ4n) is 2.63. The molecule has 1 saturated heterocycles. The van der Waals surface area contributed by atoms with E-state index in [1.165, 1.54) is 11.1 Å². The number of ether oxygens (including phenoxy) is 1. The van der Waals surface area contributed by atoms with Crippen molar-refractivity contribution in [1.82, 2.24) is 4.90 Å². The van der Waals surface area contributed by atoms with Gasteiger partial charge < -0.3 is 9.64 Å². The van der Waals surface area contributed by atoms with E-state index in [-0.39, 0.29) is 0 Å². The fraction of sp³-hybridized carbons (Fsp3) is 0.421. The molecule has 0 bridgehead atoms. The summed E-state index contributed by atoms with van der Waals surface area (Å²) in [5.74, 6) is 0.598. The second-order valence-corrected chi connectivity index (χ2v) is 6.13. The smallest absolute Gasteiger partial charge is 0.0991 e. The van der Waals surface area contributed by atoms with E-state index in [1.807, 2.05) is 24.3 Å². The summed E-state index contributed by atoms with van der Waals surface area (Å²) in [5, 5.41) is 8.88. The minimum Gasteiger partial charge on any atom is -0.381 e. The summed E-state index contributed by atoms with van der Waals surface area (Å²) >= 11 is 0. The molecular formula is C19H24N2O. The van der Waals surface area contributed by atoms with Crippen LogP contribution in [0.3, 0.4) is 0 Å². The van der Waals surface area contributed by atoms with Gasteiger partial charge in [0.15, 0.2) is 0 Å². The zero-order chi connectivity index (χ0) is 15.9. The lowest BCUT2D eigenvalue weighted by Gasteiger charge is -2.21. The molecule has 116 valence electrons. The molecule has 3 nitrogen and oxygen atoms in total. The average Bonchev–Trinajstić information content (AvgIpc) is 2.99. The average molecular weight is 296 g/mol. The molecule has 1 unspecified atom stereocenters. The SMILES string of the molecule is CC(C)=CN(/C=C(\C)c1ccc(C#N)cc1)CC1CCOC1. The Balaban J connectivity index is 2.14. The van der Waals surface area contributed by atoms with Crippen molar-refractivity contribution in [3.05, 3.63) is 53.4 Å². The molecule has 1 aromatic carbocycles. The van der Waals surface area contributed by atoms with Gasteiger partial charge in [-0.1, -0.05) is 17.7 Å². The second-order valence-electron chi connectivity index (χ2n) is 6.13. The molecule has 0 radical (unpaired) electrons. The first-order valence-electron chi connectivity index (χ1n) is 7.76. The third-order valence-electron chi connectivity index (χ3n) is 3.75.